The Morgan fingerprint density at radius 2 is 1.96 bits per heavy atom. The van der Waals surface area contributed by atoms with E-state index in [1.54, 1.807) is 6.92 Å². The van der Waals surface area contributed by atoms with Crippen LogP contribution >= 0.6 is 0 Å². The van der Waals surface area contributed by atoms with E-state index in [1.807, 2.05) is 53.1 Å². The number of hydrogen-bond donors (Lipinski definition) is 1. The van der Waals surface area contributed by atoms with Crippen LogP contribution in [0, 0.1) is 0 Å². The number of aromatic nitrogens is 3. The van der Waals surface area contributed by atoms with Crippen molar-refractivity contribution in [2.24, 2.45) is 0 Å². The topological polar surface area (TPSA) is 76.5 Å². The van der Waals surface area contributed by atoms with E-state index in [0.29, 0.717) is 16.8 Å². The number of esters is 1. The summed E-state index contributed by atoms with van der Waals surface area (Å²) in [7, 11) is 0. The smallest absolute Gasteiger partial charge is 0.343 e. The SMILES string of the molecule is CCOC(=O)c1cc2nc3ccc(-c4ccccc4)cn3c2[nH]c1=O. The first kappa shape index (κ1) is 15.1. The third-order valence-electron chi connectivity index (χ3n) is 4.01. The molecule has 0 bridgehead atoms. The summed E-state index contributed by atoms with van der Waals surface area (Å²) < 4.78 is 6.73. The third-order valence-corrected chi connectivity index (χ3v) is 4.01. The van der Waals surface area contributed by atoms with Gasteiger partial charge in [-0.1, -0.05) is 30.3 Å². The van der Waals surface area contributed by atoms with Gasteiger partial charge in [-0.15, -0.1) is 0 Å². The van der Waals surface area contributed by atoms with Crippen molar-refractivity contribution < 1.29 is 9.53 Å². The fourth-order valence-corrected chi connectivity index (χ4v) is 2.83. The summed E-state index contributed by atoms with van der Waals surface area (Å²) in [6.07, 6.45) is 1.92. The molecule has 0 amide bonds. The molecule has 0 spiro atoms. The van der Waals surface area contributed by atoms with Crippen LogP contribution in [0.3, 0.4) is 0 Å². The Hall–Kier alpha value is -3.41. The van der Waals surface area contributed by atoms with Crippen molar-refractivity contribution in [1.29, 1.82) is 0 Å². The molecule has 6 heteroatoms. The van der Waals surface area contributed by atoms with Crippen molar-refractivity contribution in [3.05, 3.63) is 70.6 Å². The molecule has 0 aliphatic carbocycles. The Morgan fingerprint density at radius 1 is 1.16 bits per heavy atom. The Balaban J connectivity index is 1.91. The number of H-pyrrole nitrogens is 1. The number of nitrogens with one attached hydrogen (secondary N) is 1. The van der Waals surface area contributed by atoms with Crippen LogP contribution in [0.5, 0.6) is 0 Å². The first-order chi connectivity index (χ1) is 12.2. The molecule has 0 saturated carbocycles. The maximum atomic E-state index is 12.2. The Morgan fingerprint density at radius 3 is 2.72 bits per heavy atom. The molecule has 4 rings (SSSR count). The lowest BCUT2D eigenvalue weighted by atomic mass is 10.1. The minimum Gasteiger partial charge on any atom is -0.462 e. The number of fused-ring (bicyclic) bond motifs is 3. The van der Waals surface area contributed by atoms with E-state index in [1.165, 1.54) is 6.07 Å². The number of hydrogen-bond acceptors (Lipinski definition) is 4. The molecule has 0 unspecified atom stereocenters. The fourth-order valence-electron chi connectivity index (χ4n) is 2.83. The number of ether oxygens (including phenoxy) is 1. The second-order valence-electron chi connectivity index (χ2n) is 5.59. The van der Waals surface area contributed by atoms with E-state index in [2.05, 4.69) is 9.97 Å². The van der Waals surface area contributed by atoms with Crippen molar-refractivity contribution in [2.75, 3.05) is 6.61 Å². The lowest BCUT2D eigenvalue weighted by molar-refractivity contribution is 0.0524. The van der Waals surface area contributed by atoms with Crippen molar-refractivity contribution in [2.45, 2.75) is 6.92 Å². The van der Waals surface area contributed by atoms with E-state index >= 15 is 0 Å². The molecule has 0 saturated heterocycles. The van der Waals surface area contributed by atoms with E-state index in [4.69, 9.17) is 4.74 Å². The molecule has 4 aromatic rings. The van der Waals surface area contributed by atoms with Crippen LogP contribution in [0.15, 0.2) is 59.5 Å². The van der Waals surface area contributed by atoms with Crippen molar-refractivity contribution >= 4 is 22.8 Å². The zero-order valence-corrected chi connectivity index (χ0v) is 13.5. The molecule has 0 aliphatic heterocycles. The molecule has 25 heavy (non-hydrogen) atoms. The molecule has 0 atom stereocenters. The number of imidazole rings is 1. The van der Waals surface area contributed by atoms with Gasteiger partial charge in [0.05, 0.1) is 6.61 Å². The minimum absolute atomic E-state index is 0.0407. The first-order valence-electron chi connectivity index (χ1n) is 7.95. The van der Waals surface area contributed by atoms with Gasteiger partial charge in [-0.05, 0) is 36.2 Å². The second-order valence-corrected chi connectivity index (χ2v) is 5.59. The maximum absolute atomic E-state index is 12.2. The zero-order chi connectivity index (χ0) is 17.4. The summed E-state index contributed by atoms with van der Waals surface area (Å²) in [5, 5.41) is 0. The number of carbonyl (C=O) groups is 1. The van der Waals surface area contributed by atoms with Crippen molar-refractivity contribution in [1.82, 2.24) is 14.4 Å². The van der Waals surface area contributed by atoms with Crippen LogP contribution in [0.25, 0.3) is 27.9 Å². The maximum Gasteiger partial charge on any atom is 0.343 e. The van der Waals surface area contributed by atoms with Crippen LogP contribution in [0.2, 0.25) is 0 Å². The van der Waals surface area contributed by atoms with Gasteiger partial charge in [-0.3, -0.25) is 9.20 Å². The molecular weight excluding hydrogens is 318 g/mol. The van der Waals surface area contributed by atoms with Gasteiger partial charge in [-0.2, -0.15) is 0 Å². The molecule has 0 fully saturated rings. The largest absolute Gasteiger partial charge is 0.462 e. The molecule has 0 radical (unpaired) electrons. The van der Waals surface area contributed by atoms with Gasteiger partial charge in [0, 0.05) is 6.20 Å². The predicted octanol–water partition coefficient (Wildman–Crippen LogP) is 3.02. The average Bonchev–Trinajstić information content (AvgIpc) is 2.98. The molecule has 1 aromatic carbocycles. The Labute approximate surface area is 142 Å². The van der Waals surface area contributed by atoms with E-state index in [-0.39, 0.29) is 12.2 Å². The van der Waals surface area contributed by atoms with Crippen LogP contribution in [-0.4, -0.2) is 26.9 Å². The van der Waals surface area contributed by atoms with Crippen LogP contribution < -0.4 is 5.56 Å². The summed E-state index contributed by atoms with van der Waals surface area (Å²) in [6, 6.07) is 15.3. The van der Waals surface area contributed by atoms with Gasteiger partial charge in [0.2, 0.25) is 0 Å². The molecule has 3 heterocycles. The van der Waals surface area contributed by atoms with Crippen molar-refractivity contribution in [3.63, 3.8) is 0 Å². The number of carbonyl (C=O) groups excluding carboxylic acids is 1. The molecular formula is C19H15N3O3. The highest BCUT2D eigenvalue weighted by Gasteiger charge is 2.16. The molecule has 6 nitrogen and oxygen atoms in total. The van der Waals surface area contributed by atoms with Gasteiger partial charge in [0.15, 0.2) is 0 Å². The number of benzene rings is 1. The van der Waals surface area contributed by atoms with Gasteiger partial charge in [-0.25, -0.2) is 9.78 Å². The van der Waals surface area contributed by atoms with E-state index in [9.17, 15) is 9.59 Å². The summed E-state index contributed by atoms with van der Waals surface area (Å²) in [6.45, 7) is 1.91. The van der Waals surface area contributed by atoms with Gasteiger partial charge < -0.3 is 9.72 Å². The van der Waals surface area contributed by atoms with Gasteiger partial charge in [0.1, 0.15) is 22.4 Å². The van der Waals surface area contributed by atoms with E-state index in [0.717, 1.165) is 11.1 Å². The zero-order valence-electron chi connectivity index (χ0n) is 13.5. The second kappa shape index (κ2) is 5.90. The van der Waals surface area contributed by atoms with Gasteiger partial charge >= 0.3 is 5.97 Å². The van der Waals surface area contributed by atoms with Crippen LogP contribution in [-0.2, 0) is 4.74 Å². The van der Waals surface area contributed by atoms with Crippen LogP contribution in [0.1, 0.15) is 17.3 Å². The highest BCUT2D eigenvalue weighted by molar-refractivity contribution is 5.93. The quantitative estimate of drug-likeness (QED) is 0.585. The Kier molecular flexibility index (Phi) is 3.57. The number of nitrogens with zero attached hydrogens (tertiary/aromatic N) is 2. The highest BCUT2D eigenvalue weighted by Crippen LogP contribution is 2.22. The van der Waals surface area contributed by atoms with Crippen molar-refractivity contribution in [3.8, 4) is 11.1 Å². The molecule has 0 aliphatic rings. The summed E-state index contributed by atoms with van der Waals surface area (Å²) in [5.41, 5.74) is 3.31. The normalized spacial score (nSPS) is 11.1. The lowest BCUT2D eigenvalue weighted by Crippen LogP contribution is -2.19. The lowest BCUT2D eigenvalue weighted by Gasteiger charge is -2.03. The number of pyridine rings is 2. The van der Waals surface area contributed by atoms with Crippen LogP contribution in [0.4, 0.5) is 0 Å². The summed E-state index contributed by atoms with van der Waals surface area (Å²) in [4.78, 5) is 31.4. The highest BCUT2D eigenvalue weighted by atomic mass is 16.5. The number of rotatable bonds is 3. The predicted molar refractivity (Wildman–Crippen MR) is 94.7 cm³/mol. The monoisotopic (exact) mass is 333 g/mol. The van der Waals surface area contributed by atoms with Gasteiger partial charge in [0.25, 0.3) is 5.56 Å². The molecule has 124 valence electrons. The van der Waals surface area contributed by atoms with E-state index < -0.39 is 11.5 Å². The standard InChI is InChI=1S/C19H15N3O3/c1-2-25-19(24)14-10-15-17(21-18(14)23)22-11-13(8-9-16(22)20-15)12-6-4-3-5-7-12/h3-11H,2H2,1H3,(H,21,23). The fraction of sp³-hybridized carbons (Fsp3) is 0.105. The summed E-state index contributed by atoms with van der Waals surface area (Å²) in [5.74, 6) is -0.646. The minimum atomic E-state index is -0.646. The summed E-state index contributed by atoms with van der Waals surface area (Å²) >= 11 is 0. The molecule has 3 aromatic heterocycles. The third kappa shape index (κ3) is 2.57. The Bertz CT molecular complexity index is 1140. The number of aromatic amines is 1. The first-order valence-corrected chi connectivity index (χ1v) is 7.95. The molecule has 1 N–H and O–H groups in total. The average molecular weight is 333 g/mol.